The van der Waals surface area contributed by atoms with Crippen LogP contribution in [0.2, 0.25) is 0 Å². The maximum atomic E-state index is 16.8. The molecule has 0 atom stereocenters. The molecule has 0 heterocycles. The molecule has 0 aromatic heterocycles. The van der Waals surface area contributed by atoms with Crippen LogP contribution in [0.5, 0.6) is 0 Å². The molecule has 0 bridgehead atoms. The molecular formula is C38H34IO2P3. The van der Waals surface area contributed by atoms with Crippen molar-refractivity contribution in [2.45, 2.75) is 5.14 Å². The van der Waals surface area contributed by atoms with Crippen molar-refractivity contribution in [1.82, 2.24) is 0 Å². The number of hydrogen-bond donors (Lipinski definition) is 0. The average Bonchev–Trinajstić information content (AvgIpc) is 3.10. The zero-order chi connectivity index (χ0) is 29.8. The van der Waals surface area contributed by atoms with Crippen molar-refractivity contribution < 1.29 is 33.1 Å². The molecule has 0 spiro atoms. The standard InChI is InChI=1S/C38H34O2P3.HI/c1-41(32-20-8-2-9-21-32,33-22-10-3-11-23-33)38(42(39,34-24-12-4-13-25-34)35-26-14-5-15-27-35)43(40,36-28-16-6-17-29-36)37-30-18-7-19-31-37;/h2-31,38H,1H3;1H/q+1;/p-1. The smallest absolute Gasteiger partial charge is 0.197 e. The molecular weight excluding hydrogens is 708 g/mol. The number of halogens is 1. The third kappa shape index (κ3) is 5.73. The van der Waals surface area contributed by atoms with Gasteiger partial charge >= 0.3 is 0 Å². The first-order valence-corrected chi connectivity index (χ1v) is 20.2. The summed E-state index contributed by atoms with van der Waals surface area (Å²) in [6, 6.07) is 59.7. The molecule has 0 radical (unpaired) electrons. The first kappa shape index (κ1) is 32.3. The van der Waals surface area contributed by atoms with Crippen LogP contribution in [0.1, 0.15) is 0 Å². The highest BCUT2D eigenvalue weighted by atomic mass is 127. The first-order valence-electron chi connectivity index (χ1n) is 14.4. The van der Waals surface area contributed by atoms with E-state index in [1.807, 2.05) is 158 Å². The predicted molar refractivity (Wildman–Crippen MR) is 188 cm³/mol. The van der Waals surface area contributed by atoms with Crippen LogP contribution in [0, 0.1) is 0 Å². The van der Waals surface area contributed by atoms with Crippen LogP contribution in [0.3, 0.4) is 0 Å². The molecule has 6 aromatic rings. The van der Waals surface area contributed by atoms with Crippen LogP contribution in [0.25, 0.3) is 0 Å². The predicted octanol–water partition coefficient (Wildman–Crippen LogP) is 4.60. The van der Waals surface area contributed by atoms with Crippen LogP contribution in [-0.2, 0) is 9.13 Å². The SMILES string of the molecule is C[P+](c1ccccc1)(c1ccccc1)C(P(=O)(c1ccccc1)c1ccccc1)P(=O)(c1ccccc1)c1ccccc1.[I-]. The third-order valence-electron chi connectivity index (χ3n) is 8.26. The Labute approximate surface area is 278 Å². The molecule has 0 aliphatic carbocycles. The van der Waals surface area contributed by atoms with Gasteiger partial charge in [0.2, 0.25) is 0 Å². The summed E-state index contributed by atoms with van der Waals surface area (Å²) in [6.45, 7) is 2.25. The highest BCUT2D eigenvalue weighted by Crippen LogP contribution is 2.82. The van der Waals surface area contributed by atoms with E-state index in [1.165, 1.54) is 0 Å². The Balaban J connectivity index is 0.00000384. The van der Waals surface area contributed by atoms with Crippen LogP contribution in [-0.4, -0.2) is 11.8 Å². The van der Waals surface area contributed by atoms with Crippen molar-refractivity contribution in [1.29, 1.82) is 0 Å². The van der Waals surface area contributed by atoms with E-state index in [4.69, 9.17) is 0 Å². The van der Waals surface area contributed by atoms with Crippen molar-refractivity contribution in [3.05, 3.63) is 182 Å². The minimum absolute atomic E-state index is 0. The van der Waals surface area contributed by atoms with Gasteiger partial charge in [0.15, 0.2) is 19.4 Å². The van der Waals surface area contributed by atoms with Gasteiger partial charge in [-0.15, -0.1) is 0 Å². The van der Waals surface area contributed by atoms with Crippen molar-refractivity contribution in [2.24, 2.45) is 0 Å². The molecule has 6 heteroatoms. The molecule has 6 aromatic carbocycles. The van der Waals surface area contributed by atoms with Crippen LogP contribution < -0.4 is 55.8 Å². The van der Waals surface area contributed by atoms with Crippen molar-refractivity contribution >= 4 is 53.4 Å². The summed E-state index contributed by atoms with van der Waals surface area (Å²) in [5.41, 5.74) is 0. The molecule has 0 aliphatic heterocycles. The molecule has 0 unspecified atom stereocenters. The molecule has 0 fully saturated rings. The Morgan fingerprint density at radius 2 is 0.591 bits per heavy atom. The third-order valence-corrected chi connectivity index (χ3v) is 24.2. The van der Waals surface area contributed by atoms with Gasteiger partial charge in [-0.3, -0.25) is 0 Å². The molecule has 0 amide bonds. The molecule has 0 saturated heterocycles. The van der Waals surface area contributed by atoms with Crippen LogP contribution in [0.4, 0.5) is 0 Å². The Kier molecular flexibility index (Phi) is 10.2. The Morgan fingerprint density at radius 3 is 0.818 bits per heavy atom. The van der Waals surface area contributed by atoms with E-state index in [0.717, 1.165) is 31.8 Å². The van der Waals surface area contributed by atoms with Gasteiger partial charge < -0.3 is 33.1 Å². The van der Waals surface area contributed by atoms with Gasteiger partial charge in [0.05, 0.1) is 13.9 Å². The maximum absolute atomic E-state index is 16.8. The van der Waals surface area contributed by atoms with Gasteiger partial charge in [-0.2, -0.15) is 0 Å². The second-order valence-electron chi connectivity index (χ2n) is 10.8. The van der Waals surface area contributed by atoms with Crippen molar-refractivity contribution in [3.8, 4) is 0 Å². The summed E-state index contributed by atoms with van der Waals surface area (Å²) in [7, 11) is -10.0. The monoisotopic (exact) mass is 742 g/mol. The number of benzene rings is 6. The normalized spacial score (nSPS) is 12.0. The summed E-state index contributed by atoms with van der Waals surface area (Å²) in [5.74, 6) is 0. The lowest BCUT2D eigenvalue weighted by atomic mass is 10.4. The van der Waals surface area contributed by atoms with Gasteiger partial charge in [0.1, 0.15) is 10.6 Å². The fourth-order valence-corrected chi connectivity index (χ4v) is 24.6. The fraction of sp³-hybridized carbons (Fsp3) is 0.0526. The lowest BCUT2D eigenvalue weighted by Gasteiger charge is -2.41. The molecule has 220 valence electrons. The molecule has 6 rings (SSSR count). The first-order chi connectivity index (χ1) is 21.0. The zero-order valence-corrected chi connectivity index (χ0v) is 29.3. The lowest BCUT2D eigenvalue weighted by Crippen LogP contribution is -3.00. The largest absolute Gasteiger partial charge is 1.00 e. The van der Waals surface area contributed by atoms with E-state index in [-0.39, 0.29) is 24.0 Å². The van der Waals surface area contributed by atoms with Crippen LogP contribution >= 0.6 is 21.5 Å². The Bertz CT molecular complexity index is 1650. The molecule has 0 N–H and O–H groups in total. The second kappa shape index (κ2) is 13.9. The molecule has 0 aliphatic rings. The minimum Gasteiger partial charge on any atom is -1.00 e. The minimum atomic E-state index is -3.65. The highest BCUT2D eigenvalue weighted by molar-refractivity contribution is 8.12. The lowest BCUT2D eigenvalue weighted by molar-refractivity contribution is -0.0000108. The Morgan fingerprint density at radius 1 is 0.386 bits per heavy atom. The Hall–Kier alpha value is -3.06. The van der Waals surface area contributed by atoms with E-state index < -0.39 is 26.7 Å². The van der Waals surface area contributed by atoms with Gasteiger partial charge in [-0.25, -0.2) is 0 Å². The maximum Gasteiger partial charge on any atom is 0.197 e. The topological polar surface area (TPSA) is 34.1 Å². The van der Waals surface area contributed by atoms with Gasteiger partial charge in [0, 0.05) is 21.2 Å². The number of rotatable bonds is 9. The molecule has 44 heavy (non-hydrogen) atoms. The van der Waals surface area contributed by atoms with Crippen LogP contribution in [0.15, 0.2) is 182 Å². The zero-order valence-electron chi connectivity index (χ0n) is 24.4. The fourth-order valence-electron chi connectivity index (χ4n) is 6.20. The average molecular weight is 743 g/mol. The van der Waals surface area contributed by atoms with E-state index in [2.05, 4.69) is 30.9 Å². The highest BCUT2D eigenvalue weighted by Gasteiger charge is 2.65. The summed E-state index contributed by atoms with van der Waals surface area (Å²) >= 11 is 0. The summed E-state index contributed by atoms with van der Waals surface area (Å²) in [6.07, 6.45) is 0. The summed E-state index contributed by atoms with van der Waals surface area (Å²) in [5, 5.41) is 4.27. The summed E-state index contributed by atoms with van der Waals surface area (Å²) < 4.78 is 33.5. The van der Waals surface area contributed by atoms with E-state index in [1.54, 1.807) is 0 Å². The van der Waals surface area contributed by atoms with Gasteiger partial charge in [0.25, 0.3) is 0 Å². The quantitative estimate of drug-likeness (QED) is 0.161. The van der Waals surface area contributed by atoms with E-state index in [0.29, 0.717) is 0 Å². The van der Waals surface area contributed by atoms with E-state index in [9.17, 15) is 0 Å². The second-order valence-corrected chi connectivity index (χ2v) is 21.4. The number of hydrogen-bond acceptors (Lipinski definition) is 2. The molecule has 2 nitrogen and oxygen atoms in total. The molecule has 0 saturated carbocycles. The summed E-state index contributed by atoms with van der Waals surface area (Å²) in [4.78, 5) is 0. The van der Waals surface area contributed by atoms with Gasteiger partial charge in [-0.1, -0.05) is 158 Å². The van der Waals surface area contributed by atoms with E-state index >= 15 is 9.13 Å². The van der Waals surface area contributed by atoms with Gasteiger partial charge in [-0.05, 0) is 24.3 Å². The van der Waals surface area contributed by atoms with Crippen molar-refractivity contribution in [2.75, 3.05) is 6.66 Å². The van der Waals surface area contributed by atoms with Crippen molar-refractivity contribution in [3.63, 3.8) is 0 Å².